The molecular weight excluding hydrogens is 372 g/mol. The van der Waals surface area contributed by atoms with E-state index >= 15 is 0 Å². The number of ether oxygens (including phenoxy) is 1. The molecule has 1 amide bonds. The smallest absolute Gasteiger partial charge is 0.273 e. The second-order valence-corrected chi connectivity index (χ2v) is 5.44. The number of aromatic nitrogens is 3. The highest BCUT2D eigenvalue weighted by molar-refractivity contribution is 6.30. The van der Waals surface area contributed by atoms with E-state index in [2.05, 4.69) is 20.9 Å². The number of benzene rings is 1. The molecule has 1 heterocycles. The molecule has 2 rings (SSSR count). The summed E-state index contributed by atoms with van der Waals surface area (Å²) in [6.07, 6.45) is 0. The van der Waals surface area contributed by atoms with Crippen LogP contribution >= 0.6 is 24.0 Å². The number of halogens is 3. The van der Waals surface area contributed by atoms with Gasteiger partial charge in [-0.2, -0.15) is 0 Å². The molecule has 10 heteroatoms. The van der Waals surface area contributed by atoms with Crippen molar-refractivity contribution < 1.29 is 13.9 Å². The molecule has 0 saturated heterocycles. The van der Waals surface area contributed by atoms with Crippen LogP contribution in [0.3, 0.4) is 0 Å². The lowest BCUT2D eigenvalue weighted by atomic mass is 10.2. The van der Waals surface area contributed by atoms with Crippen molar-refractivity contribution in [3.05, 3.63) is 40.4 Å². The van der Waals surface area contributed by atoms with Crippen LogP contribution < -0.4 is 10.6 Å². The van der Waals surface area contributed by atoms with E-state index in [-0.39, 0.29) is 29.0 Å². The highest BCUT2D eigenvalue weighted by atomic mass is 35.5. The van der Waals surface area contributed by atoms with Gasteiger partial charge in [-0.25, -0.2) is 9.07 Å². The Hall–Kier alpha value is -1.74. The Morgan fingerprint density at radius 1 is 1.36 bits per heavy atom. The van der Waals surface area contributed by atoms with Crippen LogP contribution in [0.5, 0.6) is 0 Å². The minimum absolute atomic E-state index is 0. The normalized spacial score (nSPS) is 10.4. The highest BCUT2D eigenvalue weighted by Crippen LogP contribution is 2.20. The number of amides is 1. The summed E-state index contributed by atoms with van der Waals surface area (Å²) in [6.45, 7) is 4.12. The van der Waals surface area contributed by atoms with Gasteiger partial charge < -0.3 is 15.4 Å². The Morgan fingerprint density at radius 2 is 2.12 bits per heavy atom. The molecule has 138 valence electrons. The summed E-state index contributed by atoms with van der Waals surface area (Å²) < 4.78 is 19.6. The average Bonchev–Trinajstić information content (AvgIpc) is 2.95. The van der Waals surface area contributed by atoms with Gasteiger partial charge in [-0.05, 0) is 25.1 Å². The zero-order valence-electron chi connectivity index (χ0n) is 13.9. The van der Waals surface area contributed by atoms with Crippen LogP contribution in [0, 0.1) is 12.7 Å². The van der Waals surface area contributed by atoms with Gasteiger partial charge in [0.2, 0.25) is 0 Å². The molecule has 0 aliphatic heterocycles. The maximum Gasteiger partial charge on any atom is 0.273 e. The quantitative estimate of drug-likeness (QED) is 0.670. The monoisotopic (exact) mass is 391 g/mol. The van der Waals surface area contributed by atoms with Crippen LogP contribution in [-0.4, -0.2) is 54.3 Å². The van der Waals surface area contributed by atoms with E-state index in [1.54, 1.807) is 14.0 Å². The number of carbonyl (C=O) groups is 1. The molecule has 0 saturated carbocycles. The van der Waals surface area contributed by atoms with Crippen molar-refractivity contribution in [2.75, 3.05) is 33.4 Å². The molecule has 1 aromatic heterocycles. The summed E-state index contributed by atoms with van der Waals surface area (Å²) in [5.74, 6) is -0.836. The van der Waals surface area contributed by atoms with Crippen LogP contribution in [0.15, 0.2) is 18.2 Å². The summed E-state index contributed by atoms with van der Waals surface area (Å²) in [4.78, 5) is 12.2. The van der Waals surface area contributed by atoms with Crippen LogP contribution in [0.25, 0.3) is 5.69 Å². The maximum atomic E-state index is 13.2. The molecule has 0 spiro atoms. The number of methoxy groups -OCH3 is 1. The van der Waals surface area contributed by atoms with Gasteiger partial charge in [-0.15, -0.1) is 17.5 Å². The molecule has 0 aliphatic rings. The lowest BCUT2D eigenvalue weighted by Crippen LogP contribution is -2.33. The van der Waals surface area contributed by atoms with Gasteiger partial charge in [0.25, 0.3) is 5.91 Å². The first-order chi connectivity index (χ1) is 11.5. The number of carbonyl (C=O) groups excluding carboxylic acids is 1. The molecule has 0 aliphatic carbocycles. The van der Waals surface area contributed by atoms with E-state index in [9.17, 15) is 9.18 Å². The molecule has 2 aromatic rings. The molecule has 2 N–H and O–H groups in total. The standard InChI is InChI=1S/C15H19ClFN5O2.ClH/c1-10-14(15(23)19-6-5-18-7-8-24-2)20-21-22(10)11-3-4-13(17)12(16)9-11;/h3-4,9,18H,5-8H2,1-2H3,(H,19,23);1H. The molecule has 0 bridgehead atoms. The van der Waals surface area contributed by atoms with Crippen molar-refractivity contribution in [1.82, 2.24) is 25.6 Å². The fraction of sp³-hybridized carbons (Fsp3) is 0.400. The number of nitrogens with zero attached hydrogens (tertiary/aromatic N) is 3. The number of nitrogens with one attached hydrogen (secondary N) is 2. The summed E-state index contributed by atoms with van der Waals surface area (Å²) in [5.41, 5.74) is 1.29. The lowest BCUT2D eigenvalue weighted by Gasteiger charge is -2.06. The molecule has 0 unspecified atom stereocenters. The van der Waals surface area contributed by atoms with Crippen molar-refractivity contribution in [1.29, 1.82) is 0 Å². The average molecular weight is 392 g/mol. The largest absolute Gasteiger partial charge is 0.383 e. The van der Waals surface area contributed by atoms with Crippen molar-refractivity contribution in [3.8, 4) is 5.69 Å². The minimum Gasteiger partial charge on any atom is -0.383 e. The molecule has 1 aromatic carbocycles. The van der Waals surface area contributed by atoms with Crippen LogP contribution in [-0.2, 0) is 4.74 Å². The predicted octanol–water partition coefficient (Wildman–Crippen LogP) is 1.76. The minimum atomic E-state index is -0.517. The summed E-state index contributed by atoms with van der Waals surface area (Å²) >= 11 is 5.77. The van der Waals surface area contributed by atoms with Gasteiger partial charge in [-0.3, -0.25) is 4.79 Å². The molecular formula is C15H20Cl2FN5O2. The van der Waals surface area contributed by atoms with E-state index < -0.39 is 5.82 Å². The van der Waals surface area contributed by atoms with E-state index in [4.69, 9.17) is 16.3 Å². The third kappa shape index (κ3) is 5.64. The number of rotatable bonds is 8. The fourth-order valence-electron chi connectivity index (χ4n) is 2.05. The van der Waals surface area contributed by atoms with E-state index in [0.717, 1.165) is 0 Å². The van der Waals surface area contributed by atoms with Crippen molar-refractivity contribution in [2.45, 2.75) is 6.92 Å². The molecule has 25 heavy (non-hydrogen) atoms. The lowest BCUT2D eigenvalue weighted by molar-refractivity contribution is 0.0948. The first kappa shape index (κ1) is 21.3. The van der Waals surface area contributed by atoms with E-state index in [1.807, 2.05) is 0 Å². The van der Waals surface area contributed by atoms with Gasteiger partial charge in [0.15, 0.2) is 5.69 Å². The molecule has 0 fully saturated rings. The summed E-state index contributed by atoms with van der Waals surface area (Å²) in [5, 5.41) is 13.7. The second kappa shape index (κ2) is 10.3. The topological polar surface area (TPSA) is 81.1 Å². The van der Waals surface area contributed by atoms with Crippen molar-refractivity contribution >= 4 is 29.9 Å². The Morgan fingerprint density at radius 3 is 2.80 bits per heavy atom. The zero-order valence-corrected chi connectivity index (χ0v) is 15.5. The summed E-state index contributed by atoms with van der Waals surface area (Å²) in [6, 6.07) is 4.19. The van der Waals surface area contributed by atoms with Crippen LogP contribution in [0.2, 0.25) is 5.02 Å². The fourth-order valence-corrected chi connectivity index (χ4v) is 2.22. The SMILES string of the molecule is COCCNCCNC(=O)c1nnn(-c2ccc(F)c(Cl)c2)c1C.Cl. The van der Waals surface area contributed by atoms with Gasteiger partial charge in [-0.1, -0.05) is 16.8 Å². The first-order valence-electron chi connectivity index (χ1n) is 7.40. The van der Waals surface area contributed by atoms with E-state index in [0.29, 0.717) is 37.6 Å². The Bertz CT molecular complexity index is 711. The third-order valence-electron chi connectivity index (χ3n) is 3.33. The van der Waals surface area contributed by atoms with Crippen molar-refractivity contribution in [3.63, 3.8) is 0 Å². The first-order valence-corrected chi connectivity index (χ1v) is 7.78. The third-order valence-corrected chi connectivity index (χ3v) is 3.62. The second-order valence-electron chi connectivity index (χ2n) is 5.03. The molecule has 7 nitrogen and oxygen atoms in total. The van der Waals surface area contributed by atoms with E-state index in [1.165, 1.54) is 22.9 Å². The Kier molecular flexibility index (Phi) is 8.77. The van der Waals surface area contributed by atoms with Gasteiger partial charge in [0.1, 0.15) is 5.82 Å². The van der Waals surface area contributed by atoms with Gasteiger partial charge in [0, 0.05) is 26.7 Å². The zero-order chi connectivity index (χ0) is 17.5. The molecule has 0 radical (unpaired) electrons. The number of hydrogen-bond acceptors (Lipinski definition) is 5. The Balaban J connectivity index is 0.00000312. The summed E-state index contributed by atoms with van der Waals surface area (Å²) in [7, 11) is 1.63. The predicted molar refractivity (Wildman–Crippen MR) is 95.4 cm³/mol. The maximum absolute atomic E-state index is 13.2. The van der Waals surface area contributed by atoms with Crippen LogP contribution in [0.4, 0.5) is 4.39 Å². The van der Waals surface area contributed by atoms with Crippen LogP contribution in [0.1, 0.15) is 16.2 Å². The van der Waals surface area contributed by atoms with Crippen molar-refractivity contribution in [2.24, 2.45) is 0 Å². The number of hydrogen-bond donors (Lipinski definition) is 2. The van der Waals surface area contributed by atoms with Gasteiger partial charge in [0.05, 0.1) is 23.0 Å². The van der Waals surface area contributed by atoms with Gasteiger partial charge >= 0.3 is 0 Å². The Labute approximate surface area is 156 Å². The molecule has 0 atom stereocenters. The highest BCUT2D eigenvalue weighted by Gasteiger charge is 2.17.